The van der Waals surface area contributed by atoms with Crippen LogP contribution in [0, 0.1) is 0 Å². The molecule has 0 saturated heterocycles. The first-order chi connectivity index (χ1) is 11.7. The van der Waals surface area contributed by atoms with Crippen molar-refractivity contribution in [1.29, 1.82) is 0 Å². The summed E-state index contributed by atoms with van der Waals surface area (Å²) in [4.78, 5) is 26.5. The van der Waals surface area contributed by atoms with E-state index in [1.54, 1.807) is 36.7 Å². The molecule has 2 aromatic rings. The third kappa shape index (κ3) is 5.90. The van der Waals surface area contributed by atoms with Crippen molar-refractivity contribution in [2.24, 2.45) is 0 Å². The fourth-order valence-corrected chi connectivity index (χ4v) is 1.81. The van der Waals surface area contributed by atoms with Crippen LogP contribution >= 0.6 is 0 Å². The molecule has 0 unspecified atom stereocenters. The molecule has 0 aliphatic heterocycles. The minimum absolute atomic E-state index is 0.163. The van der Waals surface area contributed by atoms with Gasteiger partial charge in [-0.1, -0.05) is 30.3 Å². The minimum Gasteiger partial charge on any atom is -0.445 e. The molecule has 7 heteroatoms. The molecule has 0 atom stereocenters. The Labute approximate surface area is 138 Å². The summed E-state index contributed by atoms with van der Waals surface area (Å²) < 4.78 is 5.08. The first-order valence-electron chi connectivity index (χ1n) is 7.18. The highest BCUT2D eigenvalue weighted by Crippen LogP contribution is 2.06. The number of nitrogens with one attached hydrogen (secondary N) is 2. The number of carbonyl (C=O) groups is 2. The number of pyridine rings is 1. The first kappa shape index (κ1) is 17.2. The molecule has 24 heavy (non-hydrogen) atoms. The largest absolute Gasteiger partial charge is 0.445 e. The summed E-state index contributed by atoms with van der Waals surface area (Å²) in [5, 5.41) is 11.0. The zero-order valence-electron chi connectivity index (χ0n) is 12.8. The summed E-state index contributed by atoms with van der Waals surface area (Å²) in [6.07, 6.45) is 5.55. The second-order valence-corrected chi connectivity index (χ2v) is 4.84. The Morgan fingerprint density at radius 2 is 1.96 bits per heavy atom. The molecule has 124 valence electrons. The van der Waals surface area contributed by atoms with Gasteiger partial charge in [-0.3, -0.25) is 15.0 Å². The van der Waals surface area contributed by atoms with Gasteiger partial charge < -0.3 is 10.1 Å². The predicted octanol–water partition coefficient (Wildman–Crippen LogP) is 2.03. The average molecular weight is 327 g/mol. The predicted molar refractivity (Wildman–Crippen MR) is 86.7 cm³/mol. The topological polar surface area (TPSA) is 101 Å². The molecule has 0 spiro atoms. The Bertz CT molecular complexity index is 700. The smallest absolute Gasteiger partial charge is 0.407 e. The summed E-state index contributed by atoms with van der Waals surface area (Å²) in [6.45, 7) is 0.489. The van der Waals surface area contributed by atoms with E-state index in [1.807, 2.05) is 18.2 Å². The number of rotatable bonds is 6. The SMILES string of the molecule is O=C(/C=C/c1ccc(CNC(=O)OCc2cccnc2)cc1)NO. The van der Waals surface area contributed by atoms with E-state index in [1.165, 1.54) is 11.6 Å². The van der Waals surface area contributed by atoms with Gasteiger partial charge in [-0.2, -0.15) is 0 Å². The van der Waals surface area contributed by atoms with Crippen molar-refractivity contribution in [2.45, 2.75) is 13.2 Å². The van der Waals surface area contributed by atoms with Crippen LogP contribution in [-0.4, -0.2) is 22.2 Å². The second kappa shape index (κ2) is 9.06. The minimum atomic E-state index is -0.600. The summed E-state index contributed by atoms with van der Waals surface area (Å²) >= 11 is 0. The highest BCUT2D eigenvalue weighted by atomic mass is 16.5. The fourth-order valence-electron chi connectivity index (χ4n) is 1.81. The van der Waals surface area contributed by atoms with Gasteiger partial charge in [0.15, 0.2) is 0 Å². The van der Waals surface area contributed by atoms with E-state index in [2.05, 4.69) is 10.3 Å². The van der Waals surface area contributed by atoms with Gasteiger partial charge in [-0.25, -0.2) is 10.3 Å². The summed E-state index contributed by atoms with van der Waals surface area (Å²) in [6, 6.07) is 10.8. The maximum absolute atomic E-state index is 11.6. The molecule has 0 aliphatic carbocycles. The van der Waals surface area contributed by atoms with Crippen LogP contribution in [0.25, 0.3) is 6.08 Å². The average Bonchev–Trinajstić information content (AvgIpc) is 2.64. The lowest BCUT2D eigenvalue weighted by Gasteiger charge is -2.07. The van der Waals surface area contributed by atoms with Crippen molar-refractivity contribution in [1.82, 2.24) is 15.8 Å². The Hall–Kier alpha value is -3.19. The molecule has 1 heterocycles. The Morgan fingerprint density at radius 1 is 1.17 bits per heavy atom. The van der Waals surface area contributed by atoms with Crippen LogP contribution in [0.3, 0.4) is 0 Å². The van der Waals surface area contributed by atoms with E-state index in [0.717, 1.165) is 16.7 Å². The molecule has 1 aromatic heterocycles. The van der Waals surface area contributed by atoms with Gasteiger partial charge in [0, 0.05) is 30.6 Å². The maximum atomic E-state index is 11.6. The lowest BCUT2D eigenvalue weighted by atomic mass is 10.1. The summed E-state index contributed by atoms with van der Waals surface area (Å²) in [5.41, 5.74) is 4.01. The number of amides is 2. The third-order valence-corrected chi connectivity index (χ3v) is 3.05. The molecular weight excluding hydrogens is 310 g/mol. The molecule has 2 amide bonds. The molecule has 0 aliphatic rings. The molecule has 0 bridgehead atoms. The fraction of sp³-hybridized carbons (Fsp3) is 0.118. The Morgan fingerprint density at radius 3 is 2.62 bits per heavy atom. The molecular formula is C17H17N3O4. The van der Waals surface area contributed by atoms with Crippen LogP contribution in [0.5, 0.6) is 0 Å². The third-order valence-electron chi connectivity index (χ3n) is 3.05. The monoisotopic (exact) mass is 327 g/mol. The molecule has 0 saturated carbocycles. The van der Waals surface area contributed by atoms with Crippen molar-refractivity contribution < 1.29 is 19.5 Å². The van der Waals surface area contributed by atoms with E-state index in [4.69, 9.17) is 9.94 Å². The number of benzene rings is 1. The molecule has 3 N–H and O–H groups in total. The molecule has 0 fully saturated rings. The van der Waals surface area contributed by atoms with Crippen LogP contribution in [0.2, 0.25) is 0 Å². The van der Waals surface area contributed by atoms with E-state index >= 15 is 0 Å². The Balaban J connectivity index is 1.76. The van der Waals surface area contributed by atoms with Gasteiger partial charge in [0.2, 0.25) is 0 Å². The molecule has 0 radical (unpaired) electrons. The van der Waals surface area contributed by atoms with Gasteiger partial charge in [-0.05, 0) is 23.3 Å². The van der Waals surface area contributed by atoms with E-state index in [-0.39, 0.29) is 6.61 Å². The lowest BCUT2D eigenvalue weighted by Crippen LogP contribution is -2.23. The van der Waals surface area contributed by atoms with E-state index < -0.39 is 12.0 Å². The normalized spacial score (nSPS) is 10.4. The Kier molecular flexibility index (Phi) is 6.48. The van der Waals surface area contributed by atoms with Crippen molar-refractivity contribution in [3.05, 3.63) is 71.6 Å². The van der Waals surface area contributed by atoms with Crippen molar-refractivity contribution >= 4 is 18.1 Å². The number of alkyl carbamates (subject to hydrolysis) is 1. The zero-order valence-corrected chi connectivity index (χ0v) is 12.8. The molecule has 2 rings (SSSR count). The maximum Gasteiger partial charge on any atom is 0.407 e. The van der Waals surface area contributed by atoms with Crippen LogP contribution in [0.4, 0.5) is 4.79 Å². The van der Waals surface area contributed by atoms with Gasteiger partial charge in [0.1, 0.15) is 6.61 Å². The molecule has 7 nitrogen and oxygen atoms in total. The number of nitrogens with zero attached hydrogens (tertiary/aromatic N) is 1. The van der Waals surface area contributed by atoms with Gasteiger partial charge >= 0.3 is 6.09 Å². The van der Waals surface area contributed by atoms with Crippen molar-refractivity contribution in [2.75, 3.05) is 0 Å². The number of hydrogen-bond acceptors (Lipinski definition) is 5. The highest BCUT2D eigenvalue weighted by molar-refractivity contribution is 5.90. The van der Waals surface area contributed by atoms with Crippen LogP contribution in [0.1, 0.15) is 16.7 Å². The zero-order chi connectivity index (χ0) is 17.2. The number of carbonyl (C=O) groups excluding carboxylic acids is 2. The summed E-state index contributed by atoms with van der Waals surface area (Å²) in [5.74, 6) is -0.600. The number of ether oxygens (including phenoxy) is 1. The van der Waals surface area contributed by atoms with Crippen LogP contribution in [0.15, 0.2) is 54.9 Å². The van der Waals surface area contributed by atoms with Crippen LogP contribution in [-0.2, 0) is 22.7 Å². The van der Waals surface area contributed by atoms with Gasteiger partial charge in [0.25, 0.3) is 5.91 Å². The second-order valence-electron chi connectivity index (χ2n) is 4.84. The van der Waals surface area contributed by atoms with E-state index in [9.17, 15) is 9.59 Å². The van der Waals surface area contributed by atoms with Gasteiger partial charge in [-0.15, -0.1) is 0 Å². The van der Waals surface area contributed by atoms with E-state index in [0.29, 0.717) is 6.54 Å². The lowest BCUT2D eigenvalue weighted by molar-refractivity contribution is -0.124. The van der Waals surface area contributed by atoms with Crippen LogP contribution < -0.4 is 10.8 Å². The highest BCUT2D eigenvalue weighted by Gasteiger charge is 2.03. The van der Waals surface area contributed by atoms with Crippen molar-refractivity contribution in [3.63, 3.8) is 0 Å². The standard InChI is InChI=1S/C17H17N3O4/c21-16(20-23)8-7-13-3-5-14(6-4-13)11-19-17(22)24-12-15-2-1-9-18-10-15/h1-10,23H,11-12H2,(H,19,22)(H,20,21)/b8-7+. The summed E-state index contributed by atoms with van der Waals surface area (Å²) in [7, 11) is 0. The quantitative estimate of drug-likeness (QED) is 0.428. The number of aromatic nitrogens is 1. The molecule has 1 aromatic carbocycles. The number of hydrogen-bond donors (Lipinski definition) is 3. The first-order valence-corrected chi connectivity index (χ1v) is 7.18. The number of hydroxylamine groups is 1. The van der Waals surface area contributed by atoms with Crippen molar-refractivity contribution in [3.8, 4) is 0 Å². The van der Waals surface area contributed by atoms with Gasteiger partial charge in [0.05, 0.1) is 0 Å².